The quantitative estimate of drug-likeness (QED) is 0.328. The van der Waals surface area contributed by atoms with E-state index in [1.807, 2.05) is 0 Å². The zero-order valence-electron chi connectivity index (χ0n) is 8.64. The van der Waals surface area contributed by atoms with Crippen LogP contribution in [0.25, 0.3) is 0 Å². The topological polar surface area (TPSA) is 54.5 Å². The number of nitrogens with zero attached hydrogens (tertiary/aromatic N) is 1. The molecule has 0 radical (unpaired) electrons. The standard InChI is InChI=1S/C11H6NO3.K/c13-7-8-1-3-9(4-2-8)12-10(14)5-6-11(12)15;/h1-6H;/q-1;+1. The van der Waals surface area contributed by atoms with Gasteiger partial charge in [-0.2, -0.15) is 17.7 Å². The van der Waals surface area contributed by atoms with E-state index >= 15 is 0 Å². The summed E-state index contributed by atoms with van der Waals surface area (Å²) >= 11 is 0. The van der Waals surface area contributed by atoms with Gasteiger partial charge in [0.05, 0.1) is 6.29 Å². The third kappa shape index (κ3) is 2.56. The molecule has 4 nitrogen and oxygen atoms in total. The van der Waals surface area contributed by atoms with Crippen molar-refractivity contribution in [3.8, 4) is 0 Å². The van der Waals surface area contributed by atoms with Gasteiger partial charge < -0.3 is 4.79 Å². The van der Waals surface area contributed by atoms with E-state index in [0.717, 1.165) is 4.90 Å². The molecule has 74 valence electrons. The number of hydrogen-bond acceptors (Lipinski definition) is 3. The normalized spacial score (nSPS) is 13.9. The Morgan fingerprint density at radius 2 is 1.44 bits per heavy atom. The molecule has 0 aromatic heterocycles. The second-order valence-corrected chi connectivity index (χ2v) is 2.99. The maximum Gasteiger partial charge on any atom is 1.00 e. The summed E-state index contributed by atoms with van der Waals surface area (Å²) in [7, 11) is 0. The van der Waals surface area contributed by atoms with Gasteiger partial charge in [0.25, 0.3) is 11.8 Å². The van der Waals surface area contributed by atoms with Gasteiger partial charge >= 0.3 is 51.4 Å². The first-order chi connectivity index (χ1) is 7.22. The van der Waals surface area contributed by atoms with Crippen LogP contribution < -0.4 is 56.3 Å². The molecule has 0 bridgehead atoms. The summed E-state index contributed by atoms with van der Waals surface area (Å²) in [5, 5.41) is 0. The number of amides is 2. The number of benzene rings is 1. The Hall–Kier alpha value is -0.594. The Labute approximate surface area is 135 Å². The van der Waals surface area contributed by atoms with Crippen molar-refractivity contribution in [2.45, 2.75) is 0 Å². The van der Waals surface area contributed by atoms with Crippen molar-refractivity contribution in [3.05, 3.63) is 42.0 Å². The van der Waals surface area contributed by atoms with E-state index in [2.05, 4.69) is 0 Å². The van der Waals surface area contributed by atoms with Crippen LogP contribution in [0.2, 0.25) is 0 Å². The van der Waals surface area contributed by atoms with Crippen LogP contribution in [-0.4, -0.2) is 18.1 Å². The molecule has 0 aliphatic carbocycles. The Morgan fingerprint density at radius 1 is 0.938 bits per heavy atom. The van der Waals surface area contributed by atoms with E-state index in [4.69, 9.17) is 0 Å². The average molecular weight is 239 g/mol. The third-order valence-electron chi connectivity index (χ3n) is 2.05. The van der Waals surface area contributed by atoms with Gasteiger partial charge in [-0.3, -0.25) is 9.59 Å². The average Bonchev–Trinajstić information content (AvgIpc) is 2.59. The predicted molar refractivity (Wildman–Crippen MR) is 52.9 cm³/mol. The number of carbonyl (C=O) groups is 2. The van der Waals surface area contributed by atoms with E-state index in [0.29, 0.717) is 11.3 Å². The third-order valence-corrected chi connectivity index (χ3v) is 2.05. The van der Waals surface area contributed by atoms with Gasteiger partial charge in [-0.15, -0.1) is 0 Å². The summed E-state index contributed by atoms with van der Waals surface area (Å²) < 4.78 is 0. The fraction of sp³-hybridized carbons (Fsp3) is 0. The van der Waals surface area contributed by atoms with Gasteiger partial charge in [0.1, 0.15) is 0 Å². The largest absolute Gasteiger partial charge is 1.00 e. The Morgan fingerprint density at radius 3 is 1.88 bits per heavy atom. The van der Waals surface area contributed by atoms with Gasteiger partial charge in [-0.05, 0) is 0 Å². The van der Waals surface area contributed by atoms with Gasteiger partial charge in [0, 0.05) is 17.8 Å². The fourth-order valence-corrected chi connectivity index (χ4v) is 1.33. The smallest absolute Gasteiger partial charge is 0.376 e. The van der Waals surface area contributed by atoms with Crippen LogP contribution in [0.3, 0.4) is 0 Å². The van der Waals surface area contributed by atoms with Crippen molar-refractivity contribution in [2.75, 3.05) is 4.90 Å². The molecular weight excluding hydrogens is 233 g/mol. The minimum absolute atomic E-state index is 0. The van der Waals surface area contributed by atoms with E-state index in [-0.39, 0.29) is 63.2 Å². The molecule has 0 fully saturated rings. The second-order valence-electron chi connectivity index (χ2n) is 2.99. The first kappa shape index (κ1) is 13.5. The Kier molecular flexibility index (Phi) is 4.76. The Balaban J connectivity index is 0.00000128. The Bertz CT molecular complexity index is 447. The summed E-state index contributed by atoms with van der Waals surface area (Å²) in [5.74, 6) is -0.745. The molecule has 2 rings (SSSR count). The van der Waals surface area contributed by atoms with Crippen LogP contribution in [0.1, 0.15) is 5.56 Å². The molecule has 5 heteroatoms. The summed E-state index contributed by atoms with van der Waals surface area (Å²) in [6, 6.07) is 6.06. The van der Waals surface area contributed by atoms with Crippen LogP contribution in [-0.2, 0) is 14.4 Å². The van der Waals surface area contributed by atoms with Crippen molar-refractivity contribution in [1.29, 1.82) is 0 Å². The van der Waals surface area contributed by atoms with Gasteiger partial charge in [-0.1, -0.05) is 12.1 Å². The minimum Gasteiger partial charge on any atom is -0.376 e. The van der Waals surface area contributed by atoms with Crippen molar-refractivity contribution in [2.24, 2.45) is 0 Å². The van der Waals surface area contributed by atoms with E-state index < -0.39 is 0 Å². The van der Waals surface area contributed by atoms with Crippen LogP contribution in [0.5, 0.6) is 0 Å². The molecule has 0 saturated carbocycles. The summed E-state index contributed by atoms with van der Waals surface area (Å²) in [4.78, 5) is 33.9. The molecule has 0 saturated heterocycles. The van der Waals surface area contributed by atoms with Crippen LogP contribution in [0.4, 0.5) is 5.69 Å². The van der Waals surface area contributed by atoms with Crippen molar-refractivity contribution < 1.29 is 65.8 Å². The van der Waals surface area contributed by atoms with Crippen molar-refractivity contribution in [3.63, 3.8) is 0 Å². The minimum atomic E-state index is -0.372. The molecule has 0 unspecified atom stereocenters. The summed E-state index contributed by atoms with van der Waals surface area (Å²) in [5.41, 5.74) is 0.833. The molecule has 0 atom stereocenters. The zero-order chi connectivity index (χ0) is 10.8. The van der Waals surface area contributed by atoms with Crippen LogP contribution in [0.15, 0.2) is 36.4 Å². The second kappa shape index (κ2) is 5.65. The molecule has 1 heterocycles. The maximum atomic E-state index is 11.3. The number of hydrogen-bond donors (Lipinski definition) is 0. The van der Waals surface area contributed by atoms with Crippen molar-refractivity contribution in [1.82, 2.24) is 0 Å². The molecule has 1 aromatic carbocycles. The van der Waals surface area contributed by atoms with Gasteiger partial charge in [-0.25, -0.2) is 4.90 Å². The summed E-state index contributed by atoms with van der Waals surface area (Å²) in [6.45, 7) is 0. The SMILES string of the molecule is O=[C-]c1ccc(N2C(=O)C=CC2=O)cc1.[K+]. The molecule has 16 heavy (non-hydrogen) atoms. The molecule has 1 aliphatic heterocycles. The van der Waals surface area contributed by atoms with E-state index in [1.165, 1.54) is 36.4 Å². The number of carbonyl (C=O) groups excluding carboxylic acids is 3. The van der Waals surface area contributed by atoms with Gasteiger partial charge in [0.2, 0.25) is 0 Å². The first-order valence-corrected chi connectivity index (χ1v) is 4.27. The number of anilines is 1. The maximum absolute atomic E-state index is 11.3. The van der Waals surface area contributed by atoms with E-state index in [9.17, 15) is 14.4 Å². The number of rotatable bonds is 2. The molecule has 1 aliphatic rings. The van der Waals surface area contributed by atoms with E-state index in [1.54, 1.807) is 6.29 Å². The molecular formula is C11H6KNO3. The van der Waals surface area contributed by atoms with Crippen molar-refractivity contribution >= 4 is 23.8 Å². The monoisotopic (exact) mass is 239 g/mol. The zero-order valence-corrected chi connectivity index (χ0v) is 11.8. The van der Waals surface area contributed by atoms with Crippen LogP contribution >= 0.6 is 0 Å². The molecule has 1 aromatic rings. The molecule has 2 amide bonds. The molecule has 0 N–H and O–H groups in total. The van der Waals surface area contributed by atoms with Crippen LogP contribution in [0, 0.1) is 0 Å². The fourth-order valence-electron chi connectivity index (χ4n) is 1.33. The van der Waals surface area contributed by atoms with Gasteiger partial charge in [0.15, 0.2) is 0 Å². The predicted octanol–water partition coefficient (Wildman–Crippen LogP) is -2.42. The first-order valence-electron chi connectivity index (χ1n) is 4.27. The summed E-state index contributed by atoms with van der Waals surface area (Å²) in [6.07, 6.45) is 4.13. The molecule has 0 spiro atoms. The number of imide groups is 1.